The largest absolute Gasteiger partial charge is 0.192 e. The van der Waals surface area contributed by atoms with Gasteiger partial charge in [0.15, 0.2) is 0 Å². The highest BCUT2D eigenvalue weighted by Crippen LogP contribution is 2.37. The minimum atomic E-state index is 0.697. The van der Waals surface area contributed by atoms with Crippen molar-refractivity contribution in [3.8, 4) is 6.07 Å². The number of hydrogen-bond acceptors (Lipinski definition) is 1. The molecular formula is C19H23N. The molecule has 20 heavy (non-hydrogen) atoms. The summed E-state index contributed by atoms with van der Waals surface area (Å²) in [5.41, 5.74) is 2.17. The van der Waals surface area contributed by atoms with Gasteiger partial charge in [-0.15, -0.1) is 0 Å². The zero-order chi connectivity index (χ0) is 14.2. The molecule has 0 radical (unpaired) electrons. The van der Waals surface area contributed by atoms with Crippen LogP contribution >= 0.6 is 0 Å². The lowest BCUT2D eigenvalue weighted by molar-refractivity contribution is 0.312. The molecule has 0 aromatic heterocycles. The first kappa shape index (κ1) is 14.6. The molecule has 0 spiro atoms. The van der Waals surface area contributed by atoms with Crippen molar-refractivity contribution in [2.24, 2.45) is 5.92 Å². The van der Waals surface area contributed by atoms with Crippen molar-refractivity contribution in [1.29, 1.82) is 5.26 Å². The second kappa shape index (κ2) is 7.70. The van der Waals surface area contributed by atoms with E-state index in [1.54, 1.807) is 0 Å². The van der Waals surface area contributed by atoms with Gasteiger partial charge in [0.25, 0.3) is 0 Å². The Morgan fingerprint density at radius 1 is 1.15 bits per heavy atom. The third kappa shape index (κ3) is 4.10. The van der Waals surface area contributed by atoms with Gasteiger partial charge in [0.1, 0.15) is 0 Å². The number of rotatable bonds is 5. The second-order valence-electron chi connectivity index (χ2n) is 5.69. The summed E-state index contributed by atoms with van der Waals surface area (Å²) < 4.78 is 0. The van der Waals surface area contributed by atoms with E-state index in [0.29, 0.717) is 5.92 Å². The molecular weight excluding hydrogens is 242 g/mol. The van der Waals surface area contributed by atoms with Crippen molar-refractivity contribution >= 4 is 0 Å². The normalized spacial score (nSPS) is 22.6. The molecule has 0 aliphatic heterocycles. The first-order valence-electron chi connectivity index (χ1n) is 7.61. The Bertz CT molecular complexity index is 481. The Labute approximate surface area is 122 Å². The average molecular weight is 265 g/mol. The van der Waals surface area contributed by atoms with Crippen LogP contribution in [0.1, 0.15) is 55.6 Å². The number of nitrogens with zero attached hydrogens (tertiary/aromatic N) is 1. The fraction of sp³-hybridized carbons (Fsp3) is 0.421. The van der Waals surface area contributed by atoms with Gasteiger partial charge in [0.05, 0.1) is 11.6 Å². The van der Waals surface area contributed by atoms with Gasteiger partial charge in [-0.2, -0.15) is 5.26 Å². The quantitative estimate of drug-likeness (QED) is 0.658. The van der Waals surface area contributed by atoms with Crippen molar-refractivity contribution in [2.75, 3.05) is 0 Å². The van der Waals surface area contributed by atoms with Gasteiger partial charge in [0.2, 0.25) is 0 Å². The van der Waals surface area contributed by atoms with Crippen molar-refractivity contribution in [3.63, 3.8) is 0 Å². The van der Waals surface area contributed by atoms with E-state index in [0.717, 1.165) is 11.5 Å². The SMILES string of the molecule is C=CC=CCCC1CCC(c2ccc(C#N)cc2)CC1. The topological polar surface area (TPSA) is 23.8 Å². The Morgan fingerprint density at radius 3 is 2.45 bits per heavy atom. The van der Waals surface area contributed by atoms with Gasteiger partial charge in [-0.25, -0.2) is 0 Å². The maximum absolute atomic E-state index is 8.83. The molecule has 1 aromatic rings. The molecule has 1 nitrogen and oxygen atoms in total. The van der Waals surface area contributed by atoms with Crippen LogP contribution in [0.2, 0.25) is 0 Å². The molecule has 1 saturated carbocycles. The molecule has 0 heterocycles. The van der Waals surface area contributed by atoms with Crippen molar-refractivity contribution in [3.05, 3.63) is 60.2 Å². The van der Waals surface area contributed by atoms with E-state index in [9.17, 15) is 0 Å². The van der Waals surface area contributed by atoms with Crippen LogP contribution in [0.25, 0.3) is 0 Å². The maximum atomic E-state index is 8.83. The van der Waals surface area contributed by atoms with Gasteiger partial charge in [-0.3, -0.25) is 0 Å². The molecule has 1 aromatic carbocycles. The van der Waals surface area contributed by atoms with Crippen molar-refractivity contribution in [2.45, 2.75) is 44.4 Å². The highest BCUT2D eigenvalue weighted by atomic mass is 14.3. The average Bonchev–Trinajstić information content (AvgIpc) is 2.52. The summed E-state index contributed by atoms with van der Waals surface area (Å²) in [5.74, 6) is 1.59. The van der Waals surface area contributed by atoms with E-state index >= 15 is 0 Å². The summed E-state index contributed by atoms with van der Waals surface area (Å²) in [6, 6.07) is 10.3. The summed E-state index contributed by atoms with van der Waals surface area (Å²) >= 11 is 0. The predicted molar refractivity (Wildman–Crippen MR) is 84.4 cm³/mol. The molecule has 2 rings (SSSR count). The Balaban J connectivity index is 1.80. The highest BCUT2D eigenvalue weighted by Gasteiger charge is 2.21. The molecule has 0 bridgehead atoms. The Kier molecular flexibility index (Phi) is 5.62. The van der Waals surface area contributed by atoms with E-state index in [4.69, 9.17) is 5.26 Å². The van der Waals surface area contributed by atoms with Gasteiger partial charge >= 0.3 is 0 Å². The van der Waals surface area contributed by atoms with E-state index in [1.807, 2.05) is 24.3 Å². The zero-order valence-electron chi connectivity index (χ0n) is 12.1. The summed E-state index contributed by atoms with van der Waals surface area (Å²) in [6.07, 6.45) is 13.9. The number of benzene rings is 1. The highest BCUT2D eigenvalue weighted by molar-refractivity contribution is 5.33. The van der Waals surface area contributed by atoms with E-state index in [2.05, 4.69) is 30.9 Å². The van der Waals surface area contributed by atoms with Crippen LogP contribution in [0.4, 0.5) is 0 Å². The number of nitriles is 1. The molecule has 0 unspecified atom stereocenters. The molecule has 0 atom stereocenters. The number of allylic oxidation sites excluding steroid dienone is 3. The van der Waals surface area contributed by atoms with Crippen LogP contribution in [-0.4, -0.2) is 0 Å². The molecule has 1 heteroatoms. The molecule has 0 amide bonds. The summed E-state index contributed by atoms with van der Waals surface area (Å²) in [4.78, 5) is 0. The van der Waals surface area contributed by atoms with Crippen LogP contribution in [0.15, 0.2) is 49.1 Å². The standard InChI is InChI=1S/C19H23N/c1-2-3-4-5-6-16-7-11-18(12-8-16)19-13-9-17(15-20)10-14-19/h2-4,9-10,13-14,16,18H,1,5-8,11-12H2. The summed E-state index contributed by atoms with van der Waals surface area (Å²) in [5, 5.41) is 8.83. The third-order valence-electron chi connectivity index (χ3n) is 4.37. The smallest absolute Gasteiger partial charge is 0.0991 e. The van der Waals surface area contributed by atoms with Crippen LogP contribution in [-0.2, 0) is 0 Å². The van der Waals surface area contributed by atoms with Gasteiger partial charge < -0.3 is 0 Å². The maximum Gasteiger partial charge on any atom is 0.0991 e. The lowest BCUT2D eigenvalue weighted by Gasteiger charge is -2.28. The summed E-state index contributed by atoms with van der Waals surface area (Å²) in [6.45, 7) is 3.69. The van der Waals surface area contributed by atoms with E-state index in [1.165, 1.54) is 44.1 Å². The summed E-state index contributed by atoms with van der Waals surface area (Å²) in [7, 11) is 0. The Morgan fingerprint density at radius 2 is 1.85 bits per heavy atom. The third-order valence-corrected chi connectivity index (χ3v) is 4.37. The molecule has 0 N–H and O–H groups in total. The number of hydrogen-bond donors (Lipinski definition) is 0. The molecule has 1 aliphatic carbocycles. The molecule has 1 fully saturated rings. The van der Waals surface area contributed by atoms with Crippen molar-refractivity contribution < 1.29 is 0 Å². The monoisotopic (exact) mass is 265 g/mol. The van der Waals surface area contributed by atoms with Gasteiger partial charge in [0, 0.05) is 0 Å². The zero-order valence-corrected chi connectivity index (χ0v) is 12.1. The van der Waals surface area contributed by atoms with Crippen LogP contribution in [0.5, 0.6) is 0 Å². The van der Waals surface area contributed by atoms with E-state index in [-0.39, 0.29) is 0 Å². The van der Waals surface area contributed by atoms with Gasteiger partial charge in [-0.05, 0) is 68.1 Å². The van der Waals surface area contributed by atoms with Crippen LogP contribution < -0.4 is 0 Å². The van der Waals surface area contributed by atoms with Crippen molar-refractivity contribution in [1.82, 2.24) is 0 Å². The first-order valence-corrected chi connectivity index (χ1v) is 7.61. The molecule has 1 aliphatic rings. The fourth-order valence-electron chi connectivity index (χ4n) is 3.14. The first-order chi connectivity index (χ1) is 9.83. The minimum Gasteiger partial charge on any atom is -0.192 e. The fourth-order valence-corrected chi connectivity index (χ4v) is 3.14. The van der Waals surface area contributed by atoms with Crippen LogP contribution in [0.3, 0.4) is 0 Å². The molecule has 0 saturated heterocycles. The van der Waals surface area contributed by atoms with Gasteiger partial charge in [-0.1, -0.05) is 36.9 Å². The molecule has 104 valence electrons. The predicted octanol–water partition coefficient (Wildman–Crippen LogP) is 5.35. The minimum absolute atomic E-state index is 0.697. The Hall–Kier alpha value is -1.81. The van der Waals surface area contributed by atoms with E-state index < -0.39 is 0 Å². The second-order valence-corrected chi connectivity index (χ2v) is 5.69. The van der Waals surface area contributed by atoms with Crippen LogP contribution in [0, 0.1) is 17.2 Å². The lowest BCUT2D eigenvalue weighted by Crippen LogP contribution is -2.13. The lowest BCUT2D eigenvalue weighted by atomic mass is 9.77.